The number of fused-ring (bicyclic) bond motifs is 2. The van der Waals surface area contributed by atoms with Crippen molar-refractivity contribution in [1.29, 1.82) is 0 Å². The molecule has 1 atom stereocenters. The third-order valence-corrected chi connectivity index (χ3v) is 6.29. The van der Waals surface area contributed by atoms with E-state index < -0.39 is 37.4 Å². The summed E-state index contributed by atoms with van der Waals surface area (Å²) >= 11 is 0. The van der Waals surface area contributed by atoms with Crippen molar-refractivity contribution in [3.8, 4) is 17.0 Å². The summed E-state index contributed by atoms with van der Waals surface area (Å²) in [6.07, 6.45) is 0.510. The number of nitrogens with one attached hydrogen (secondary N) is 1. The first-order valence-electron chi connectivity index (χ1n) is 11.2. The molecule has 0 bridgehead atoms. The maximum absolute atomic E-state index is 14.7. The van der Waals surface area contributed by atoms with Gasteiger partial charge in [-0.25, -0.2) is 27.1 Å². The smallest absolute Gasteiger partial charge is 0.285 e. The number of piperidine rings is 1. The molecule has 0 spiro atoms. The fourth-order valence-electron chi connectivity index (χ4n) is 4.49. The number of imidazole rings is 1. The Morgan fingerprint density at radius 3 is 2.81 bits per heavy atom. The molecule has 190 valence electrons. The number of aromatic nitrogens is 5. The van der Waals surface area contributed by atoms with Gasteiger partial charge in [0.05, 0.1) is 43.6 Å². The fourth-order valence-corrected chi connectivity index (χ4v) is 4.49. The zero-order chi connectivity index (χ0) is 25.6. The summed E-state index contributed by atoms with van der Waals surface area (Å²) in [4.78, 5) is 21.1. The molecule has 1 saturated heterocycles. The number of alkyl halides is 4. The predicted molar refractivity (Wildman–Crippen MR) is 123 cm³/mol. The number of benzene rings is 1. The number of anilines is 1. The largest absolute Gasteiger partial charge is 0.479 e. The third kappa shape index (κ3) is 4.29. The van der Waals surface area contributed by atoms with Crippen LogP contribution < -0.4 is 10.1 Å². The highest BCUT2D eigenvalue weighted by Crippen LogP contribution is 2.34. The van der Waals surface area contributed by atoms with E-state index in [4.69, 9.17) is 4.74 Å². The molecular weight excluding hydrogens is 482 g/mol. The van der Waals surface area contributed by atoms with Gasteiger partial charge in [-0.2, -0.15) is 4.98 Å². The number of carbonyl (C=O) groups is 1. The Hall–Kier alpha value is -3.90. The van der Waals surface area contributed by atoms with Gasteiger partial charge in [0, 0.05) is 25.2 Å². The first-order chi connectivity index (χ1) is 17.2. The molecule has 9 nitrogen and oxygen atoms in total. The van der Waals surface area contributed by atoms with Crippen molar-refractivity contribution in [3.05, 3.63) is 36.8 Å². The number of halogens is 4. The monoisotopic (exact) mass is 505 g/mol. The highest BCUT2D eigenvalue weighted by Gasteiger charge is 2.45. The van der Waals surface area contributed by atoms with Crippen molar-refractivity contribution in [2.75, 3.05) is 25.5 Å². The van der Waals surface area contributed by atoms with Crippen LogP contribution in [0.2, 0.25) is 0 Å². The summed E-state index contributed by atoms with van der Waals surface area (Å²) in [6, 6.07) is 5.77. The van der Waals surface area contributed by atoms with Gasteiger partial charge in [-0.1, -0.05) is 6.07 Å². The molecule has 1 N–H and O–H groups in total. The number of methoxy groups -OCH3 is 1. The molecule has 3 aromatic heterocycles. The van der Waals surface area contributed by atoms with Crippen LogP contribution in [0.25, 0.3) is 27.7 Å². The Bertz CT molecular complexity index is 1430. The summed E-state index contributed by atoms with van der Waals surface area (Å²) < 4.78 is 63.6. The number of likely N-dealkylation sites (tertiary alicyclic amines) is 1. The first kappa shape index (κ1) is 23.8. The number of ether oxygens (including phenoxy) is 1. The van der Waals surface area contributed by atoms with E-state index in [1.165, 1.54) is 29.4 Å². The zero-order valence-electron chi connectivity index (χ0n) is 19.5. The van der Waals surface area contributed by atoms with Gasteiger partial charge in [0.15, 0.2) is 0 Å². The second-order valence-corrected chi connectivity index (χ2v) is 8.65. The SMILES string of the molecule is COc1nc(N[C@@H]2CCN(C(C)=O)CC2(F)F)nn2ccc(-c3ccc4ncn(CC(F)F)c4c3)c12. The lowest BCUT2D eigenvalue weighted by Crippen LogP contribution is -2.55. The Balaban J connectivity index is 1.48. The molecule has 5 rings (SSSR count). The van der Waals surface area contributed by atoms with Crippen LogP contribution in [-0.4, -0.2) is 73.5 Å². The number of nitrogens with zero attached hydrogens (tertiary/aromatic N) is 6. The van der Waals surface area contributed by atoms with Gasteiger partial charge < -0.3 is 19.5 Å². The number of amides is 1. The maximum Gasteiger partial charge on any atom is 0.285 e. The minimum atomic E-state index is -3.17. The molecule has 1 aliphatic rings. The number of hydrogen-bond acceptors (Lipinski definition) is 6. The van der Waals surface area contributed by atoms with Gasteiger partial charge in [0.1, 0.15) is 5.52 Å². The molecule has 1 amide bonds. The molecule has 0 saturated carbocycles. The van der Waals surface area contributed by atoms with Crippen molar-refractivity contribution in [2.45, 2.75) is 38.3 Å². The van der Waals surface area contributed by atoms with E-state index in [2.05, 4.69) is 20.4 Å². The summed E-state index contributed by atoms with van der Waals surface area (Å²) in [5.41, 5.74) is 2.98. The van der Waals surface area contributed by atoms with Crippen LogP contribution in [0.5, 0.6) is 5.88 Å². The van der Waals surface area contributed by atoms with E-state index in [1.54, 1.807) is 30.5 Å². The Kier molecular flexibility index (Phi) is 5.92. The first-order valence-corrected chi connectivity index (χ1v) is 11.2. The summed E-state index contributed by atoms with van der Waals surface area (Å²) in [5, 5.41) is 7.04. The molecular formula is C23H23F4N7O2. The highest BCUT2D eigenvalue weighted by atomic mass is 19.3. The van der Waals surface area contributed by atoms with E-state index >= 15 is 0 Å². The topological polar surface area (TPSA) is 89.6 Å². The number of hydrogen-bond donors (Lipinski definition) is 1. The lowest BCUT2D eigenvalue weighted by atomic mass is 10.0. The Labute approximate surface area is 202 Å². The normalized spacial score (nSPS) is 17.8. The van der Waals surface area contributed by atoms with Crippen LogP contribution in [0.4, 0.5) is 23.5 Å². The Morgan fingerprint density at radius 1 is 1.31 bits per heavy atom. The van der Waals surface area contributed by atoms with Crippen LogP contribution in [0.15, 0.2) is 36.8 Å². The van der Waals surface area contributed by atoms with Gasteiger partial charge in [0.2, 0.25) is 17.7 Å². The molecule has 0 radical (unpaired) electrons. The van der Waals surface area contributed by atoms with Gasteiger partial charge in [-0.3, -0.25) is 4.79 Å². The van der Waals surface area contributed by atoms with Crippen LogP contribution in [-0.2, 0) is 11.3 Å². The average molecular weight is 505 g/mol. The molecule has 4 aromatic rings. The van der Waals surface area contributed by atoms with Crippen LogP contribution >= 0.6 is 0 Å². The van der Waals surface area contributed by atoms with Crippen molar-refractivity contribution in [2.24, 2.45) is 0 Å². The lowest BCUT2D eigenvalue weighted by molar-refractivity contribution is -0.140. The van der Waals surface area contributed by atoms with Gasteiger partial charge in [0.25, 0.3) is 12.3 Å². The van der Waals surface area contributed by atoms with Crippen molar-refractivity contribution >= 4 is 28.4 Å². The number of rotatable bonds is 6. The Morgan fingerprint density at radius 2 is 2.11 bits per heavy atom. The van der Waals surface area contributed by atoms with E-state index in [0.717, 1.165) is 4.90 Å². The van der Waals surface area contributed by atoms with E-state index in [9.17, 15) is 22.4 Å². The average Bonchev–Trinajstić information content (AvgIpc) is 3.43. The van der Waals surface area contributed by atoms with Crippen molar-refractivity contribution in [3.63, 3.8) is 0 Å². The lowest BCUT2D eigenvalue weighted by Gasteiger charge is -2.38. The standard InChI is InChI=1S/C23H23F4N7O2/c1-13(35)32-7-6-18(23(26,27)11-32)29-22-30-21(36-2)20-15(5-8-34(20)31-22)14-3-4-16-17(9-14)33(12-28-16)10-19(24)25/h3-5,8-9,12,18-19H,6-7,10-11H2,1-2H3,(H,29,31)/t18-/m1/s1. The summed E-state index contributed by atoms with van der Waals surface area (Å²) in [6.45, 7) is 0.297. The minimum Gasteiger partial charge on any atom is -0.479 e. The molecule has 0 aliphatic carbocycles. The summed E-state index contributed by atoms with van der Waals surface area (Å²) in [5.74, 6) is -3.47. The quantitative estimate of drug-likeness (QED) is 0.402. The van der Waals surface area contributed by atoms with Crippen LogP contribution in [0.3, 0.4) is 0 Å². The molecule has 1 aromatic carbocycles. The molecule has 13 heteroatoms. The summed E-state index contributed by atoms with van der Waals surface area (Å²) in [7, 11) is 1.41. The van der Waals surface area contributed by atoms with Gasteiger partial charge >= 0.3 is 0 Å². The molecule has 1 fully saturated rings. The molecule has 0 unspecified atom stereocenters. The van der Waals surface area contributed by atoms with E-state index in [-0.39, 0.29) is 24.8 Å². The molecule has 36 heavy (non-hydrogen) atoms. The fraction of sp³-hybridized carbons (Fsp3) is 0.391. The van der Waals surface area contributed by atoms with Gasteiger partial charge in [-0.15, -0.1) is 5.10 Å². The number of carbonyl (C=O) groups excluding carboxylic acids is 1. The van der Waals surface area contributed by atoms with E-state index in [0.29, 0.717) is 27.7 Å². The van der Waals surface area contributed by atoms with Crippen molar-refractivity contribution in [1.82, 2.24) is 29.0 Å². The second kappa shape index (κ2) is 8.95. The maximum atomic E-state index is 14.7. The second-order valence-electron chi connectivity index (χ2n) is 8.65. The van der Waals surface area contributed by atoms with E-state index in [1.807, 2.05) is 0 Å². The predicted octanol–water partition coefficient (Wildman–Crippen LogP) is 3.69. The highest BCUT2D eigenvalue weighted by molar-refractivity contribution is 5.89. The molecule has 4 heterocycles. The van der Waals surface area contributed by atoms with Gasteiger partial charge in [-0.05, 0) is 30.2 Å². The third-order valence-electron chi connectivity index (χ3n) is 6.29. The minimum absolute atomic E-state index is 0.0273. The zero-order valence-corrected chi connectivity index (χ0v) is 19.5. The molecule has 1 aliphatic heterocycles. The van der Waals surface area contributed by atoms with Crippen LogP contribution in [0, 0.1) is 0 Å². The van der Waals surface area contributed by atoms with Crippen molar-refractivity contribution < 1.29 is 27.1 Å². The van der Waals surface area contributed by atoms with Crippen LogP contribution in [0.1, 0.15) is 13.3 Å².